The van der Waals surface area contributed by atoms with Crippen LogP contribution in [0.25, 0.3) is 0 Å². The Kier molecular flexibility index (Phi) is 5.39. The van der Waals surface area contributed by atoms with Crippen molar-refractivity contribution in [3.63, 3.8) is 0 Å². The van der Waals surface area contributed by atoms with Gasteiger partial charge in [-0.15, -0.1) is 12.3 Å². The first-order chi connectivity index (χ1) is 10.9. The lowest BCUT2D eigenvalue weighted by molar-refractivity contribution is -0.387. The van der Waals surface area contributed by atoms with Gasteiger partial charge < -0.3 is 0 Å². The third-order valence-corrected chi connectivity index (χ3v) is 5.83. The van der Waals surface area contributed by atoms with E-state index in [-0.39, 0.29) is 16.9 Å². The normalized spacial score (nSPS) is 17.3. The molecule has 124 valence electrons. The first-order valence-electron chi connectivity index (χ1n) is 7.57. The van der Waals surface area contributed by atoms with Gasteiger partial charge >= 0.3 is 0 Å². The van der Waals surface area contributed by atoms with Crippen molar-refractivity contribution >= 4 is 15.7 Å². The monoisotopic (exact) mass is 336 g/mol. The molecule has 1 aromatic carbocycles. The average Bonchev–Trinajstić information content (AvgIpc) is 2.54. The van der Waals surface area contributed by atoms with Crippen LogP contribution in [0.4, 0.5) is 5.69 Å². The summed E-state index contributed by atoms with van der Waals surface area (Å²) >= 11 is 0. The highest BCUT2D eigenvalue weighted by molar-refractivity contribution is 7.89. The van der Waals surface area contributed by atoms with E-state index in [9.17, 15) is 18.5 Å². The molecule has 1 aliphatic carbocycles. The minimum Gasteiger partial charge on any atom is -0.258 e. The zero-order valence-electron chi connectivity index (χ0n) is 12.8. The number of hydrogen-bond acceptors (Lipinski definition) is 4. The molecule has 1 aromatic rings. The van der Waals surface area contributed by atoms with E-state index in [2.05, 4.69) is 10.6 Å². The molecule has 1 fully saturated rings. The Morgan fingerprint density at radius 2 is 1.91 bits per heavy atom. The summed E-state index contributed by atoms with van der Waals surface area (Å²) in [5, 5.41) is 11.0. The quantitative estimate of drug-likeness (QED) is 0.491. The number of nitrogens with one attached hydrogen (secondary N) is 1. The number of nitrogens with zero attached hydrogens (tertiary/aromatic N) is 1. The second-order valence-electron chi connectivity index (χ2n) is 5.99. The molecule has 0 amide bonds. The summed E-state index contributed by atoms with van der Waals surface area (Å²) in [6.07, 6.45) is 10.9. The second-order valence-corrected chi connectivity index (χ2v) is 7.73. The summed E-state index contributed by atoms with van der Waals surface area (Å²) in [7, 11) is -3.95. The van der Waals surface area contributed by atoms with Crippen molar-refractivity contribution in [1.29, 1.82) is 0 Å². The number of hydrogen-bond donors (Lipinski definition) is 1. The van der Waals surface area contributed by atoms with Gasteiger partial charge in [0, 0.05) is 19.0 Å². The van der Waals surface area contributed by atoms with Crippen molar-refractivity contribution in [1.82, 2.24) is 4.72 Å². The van der Waals surface area contributed by atoms with Gasteiger partial charge in [-0.3, -0.25) is 10.1 Å². The number of nitro benzene ring substituents is 1. The molecule has 1 saturated carbocycles. The molecule has 2 rings (SSSR count). The summed E-state index contributed by atoms with van der Waals surface area (Å²) in [5.41, 5.74) is -0.668. The van der Waals surface area contributed by atoms with E-state index < -0.39 is 20.6 Å². The molecule has 0 radical (unpaired) electrons. The Labute approximate surface area is 136 Å². The van der Waals surface area contributed by atoms with Gasteiger partial charge in [0.05, 0.1) is 4.92 Å². The molecule has 0 spiro atoms. The van der Waals surface area contributed by atoms with Crippen LogP contribution in [-0.4, -0.2) is 19.9 Å². The van der Waals surface area contributed by atoms with Crippen LogP contribution in [-0.2, 0) is 10.0 Å². The van der Waals surface area contributed by atoms with Crippen LogP contribution in [0, 0.1) is 27.9 Å². The SMILES string of the molecule is C#CCC1(CNS(=O)(=O)c2ccccc2[N+](=O)[O-])CCCCC1. The lowest BCUT2D eigenvalue weighted by Crippen LogP contribution is -2.39. The largest absolute Gasteiger partial charge is 0.289 e. The highest BCUT2D eigenvalue weighted by Crippen LogP contribution is 2.39. The lowest BCUT2D eigenvalue weighted by Gasteiger charge is -2.35. The topological polar surface area (TPSA) is 89.3 Å². The van der Waals surface area contributed by atoms with Crippen LogP contribution in [0.5, 0.6) is 0 Å². The summed E-state index contributed by atoms with van der Waals surface area (Å²) in [6, 6.07) is 5.35. The standard InChI is InChI=1S/C16H20N2O4S/c1-2-10-16(11-6-3-7-12-16)13-17-23(21,22)15-9-5-4-8-14(15)18(19)20/h1,4-5,8-9,17H,3,6-7,10-13H2. The molecule has 0 atom stereocenters. The Morgan fingerprint density at radius 1 is 1.26 bits per heavy atom. The third-order valence-electron chi connectivity index (χ3n) is 4.38. The minimum atomic E-state index is -3.95. The smallest absolute Gasteiger partial charge is 0.258 e. The number of rotatable bonds is 6. The molecule has 6 nitrogen and oxygen atoms in total. The van der Waals surface area contributed by atoms with Crippen LogP contribution in [0.3, 0.4) is 0 Å². The van der Waals surface area contributed by atoms with Crippen LogP contribution < -0.4 is 4.72 Å². The second kappa shape index (κ2) is 7.11. The molecule has 1 N–H and O–H groups in total. The molecular formula is C16H20N2O4S. The highest BCUT2D eigenvalue weighted by Gasteiger charge is 2.34. The maximum Gasteiger partial charge on any atom is 0.289 e. The molecule has 0 bridgehead atoms. The first kappa shape index (κ1) is 17.4. The number of nitro groups is 1. The van der Waals surface area contributed by atoms with Crippen LogP contribution in [0.15, 0.2) is 29.2 Å². The van der Waals surface area contributed by atoms with E-state index in [1.807, 2.05) is 0 Å². The zero-order valence-corrected chi connectivity index (χ0v) is 13.6. The van der Waals surface area contributed by atoms with Gasteiger partial charge in [-0.25, -0.2) is 13.1 Å². The predicted octanol–water partition coefficient (Wildman–Crippen LogP) is 2.85. The third kappa shape index (κ3) is 4.09. The molecule has 23 heavy (non-hydrogen) atoms. The summed E-state index contributed by atoms with van der Waals surface area (Å²) in [4.78, 5) is 10.0. The molecule has 0 unspecified atom stereocenters. The summed E-state index contributed by atoms with van der Waals surface area (Å²) in [6.45, 7) is 0.214. The van der Waals surface area contributed by atoms with E-state index in [4.69, 9.17) is 6.42 Å². The van der Waals surface area contributed by atoms with Gasteiger partial charge in [0.25, 0.3) is 5.69 Å². The van der Waals surface area contributed by atoms with Crippen molar-refractivity contribution < 1.29 is 13.3 Å². The number of sulfonamides is 1. The van der Waals surface area contributed by atoms with E-state index in [1.54, 1.807) is 0 Å². The molecule has 1 aliphatic rings. The number of terminal acetylenes is 1. The molecule has 7 heteroatoms. The van der Waals surface area contributed by atoms with Gasteiger partial charge in [-0.1, -0.05) is 31.4 Å². The molecule has 0 aromatic heterocycles. The van der Waals surface area contributed by atoms with Gasteiger partial charge in [0.15, 0.2) is 4.90 Å². The van der Waals surface area contributed by atoms with Crippen LogP contribution >= 0.6 is 0 Å². The van der Waals surface area contributed by atoms with E-state index in [0.717, 1.165) is 32.1 Å². The van der Waals surface area contributed by atoms with Crippen molar-refractivity contribution in [2.45, 2.75) is 43.4 Å². The fourth-order valence-corrected chi connectivity index (χ4v) is 4.42. The molecule has 0 aliphatic heterocycles. The van der Waals surface area contributed by atoms with Gasteiger partial charge in [0.1, 0.15) is 0 Å². The first-order valence-corrected chi connectivity index (χ1v) is 9.05. The van der Waals surface area contributed by atoms with Crippen molar-refractivity contribution in [3.8, 4) is 12.3 Å². The molecule has 0 saturated heterocycles. The van der Waals surface area contributed by atoms with Gasteiger partial charge in [-0.05, 0) is 24.3 Å². The Bertz CT molecular complexity index is 716. The number of para-hydroxylation sites is 1. The minimum absolute atomic E-state index is 0.214. The zero-order chi connectivity index (χ0) is 16.9. The number of benzene rings is 1. The fraction of sp³-hybridized carbons (Fsp3) is 0.500. The predicted molar refractivity (Wildman–Crippen MR) is 87.3 cm³/mol. The Balaban J connectivity index is 2.21. The van der Waals surface area contributed by atoms with Crippen molar-refractivity contribution in [2.75, 3.05) is 6.54 Å². The lowest BCUT2D eigenvalue weighted by atomic mass is 9.72. The van der Waals surface area contributed by atoms with Crippen molar-refractivity contribution in [3.05, 3.63) is 34.4 Å². The summed E-state index contributed by atoms with van der Waals surface area (Å²) < 4.78 is 27.5. The fourth-order valence-electron chi connectivity index (χ4n) is 3.10. The average molecular weight is 336 g/mol. The van der Waals surface area contributed by atoms with Crippen molar-refractivity contribution in [2.24, 2.45) is 5.41 Å². The Morgan fingerprint density at radius 3 is 2.52 bits per heavy atom. The maximum absolute atomic E-state index is 12.5. The van der Waals surface area contributed by atoms with Gasteiger partial charge in [0.2, 0.25) is 10.0 Å². The van der Waals surface area contributed by atoms with Crippen LogP contribution in [0.1, 0.15) is 38.5 Å². The highest BCUT2D eigenvalue weighted by atomic mass is 32.2. The van der Waals surface area contributed by atoms with E-state index >= 15 is 0 Å². The van der Waals surface area contributed by atoms with E-state index in [1.165, 1.54) is 24.3 Å². The van der Waals surface area contributed by atoms with Crippen LogP contribution in [0.2, 0.25) is 0 Å². The van der Waals surface area contributed by atoms with Gasteiger partial charge in [-0.2, -0.15) is 0 Å². The van der Waals surface area contributed by atoms with E-state index in [0.29, 0.717) is 6.42 Å². The Hall–Kier alpha value is -1.91. The molecule has 0 heterocycles. The summed E-state index contributed by atoms with van der Waals surface area (Å²) in [5.74, 6) is 2.64. The maximum atomic E-state index is 12.5. The molecular weight excluding hydrogens is 316 g/mol.